The molecule has 1 saturated carbocycles. The van der Waals surface area contributed by atoms with E-state index < -0.39 is 0 Å². The lowest BCUT2D eigenvalue weighted by molar-refractivity contribution is -0.137. The summed E-state index contributed by atoms with van der Waals surface area (Å²) in [6, 6.07) is 12.3. The van der Waals surface area contributed by atoms with Crippen molar-refractivity contribution in [1.29, 1.82) is 0 Å². The number of aromatic nitrogens is 1. The standard InChI is InChI=1S/C27H34N2O2/c30-27(25-9-5-2-6-10-25)29(20-23-15-17-28-18-16-23)19-22-11-13-26(14-12-22)31-21-24-7-3-1-4-8-24/h1,3,11-18,24-25H,2,4-10,19-21H2/t24-/m0/s1. The van der Waals surface area contributed by atoms with Crippen LogP contribution in [0, 0.1) is 11.8 Å². The normalized spacial score (nSPS) is 19.2. The van der Waals surface area contributed by atoms with Crippen molar-refractivity contribution in [3.05, 3.63) is 72.1 Å². The SMILES string of the molecule is O=C(C1CCCCC1)N(Cc1ccncc1)Cc1ccc(OC[C@H]2CC=CCC2)cc1. The number of benzene rings is 1. The molecule has 0 bridgehead atoms. The lowest BCUT2D eigenvalue weighted by atomic mass is 9.88. The maximum absolute atomic E-state index is 13.3. The van der Waals surface area contributed by atoms with Gasteiger partial charge in [0.2, 0.25) is 5.91 Å². The third-order valence-electron chi connectivity index (χ3n) is 6.55. The van der Waals surface area contributed by atoms with Gasteiger partial charge in [-0.05, 0) is 73.4 Å². The second-order valence-corrected chi connectivity index (χ2v) is 8.99. The van der Waals surface area contributed by atoms with Crippen LogP contribution in [0.1, 0.15) is 62.5 Å². The van der Waals surface area contributed by atoms with Crippen molar-refractivity contribution < 1.29 is 9.53 Å². The molecule has 1 aromatic heterocycles. The molecule has 0 spiro atoms. The summed E-state index contributed by atoms with van der Waals surface area (Å²) in [4.78, 5) is 19.5. The number of carbonyl (C=O) groups excluding carboxylic acids is 1. The number of pyridine rings is 1. The van der Waals surface area contributed by atoms with Gasteiger partial charge in [-0.25, -0.2) is 0 Å². The van der Waals surface area contributed by atoms with Gasteiger partial charge < -0.3 is 9.64 Å². The Morgan fingerprint density at radius 1 is 0.903 bits per heavy atom. The molecule has 2 aliphatic rings. The van der Waals surface area contributed by atoms with Crippen LogP contribution in [0.3, 0.4) is 0 Å². The first-order valence-electron chi connectivity index (χ1n) is 11.8. The van der Waals surface area contributed by atoms with Crippen LogP contribution in [0.25, 0.3) is 0 Å². The zero-order valence-electron chi connectivity index (χ0n) is 18.4. The topological polar surface area (TPSA) is 42.4 Å². The van der Waals surface area contributed by atoms with E-state index in [-0.39, 0.29) is 5.92 Å². The van der Waals surface area contributed by atoms with Crippen LogP contribution < -0.4 is 4.74 Å². The molecule has 0 N–H and O–H groups in total. The third-order valence-corrected chi connectivity index (χ3v) is 6.55. The van der Waals surface area contributed by atoms with Crippen LogP contribution in [0.15, 0.2) is 60.9 Å². The van der Waals surface area contributed by atoms with Gasteiger partial charge in [-0.3, -0.25) is 9.78 Å². The molecule has 1 atom stereocenters. The molecule has 1 amide bonds. The summed E-state index contributed by atoms with van der Waals surface area (Å²) in [7, 11) is 0. The molecule has 2 aliphatic carbocycles. The molecule has 1 aromatic carbocycles. The summed E-state index contributed by atoms with van der Waals surface area (Å²) in [5.74, 6) is 2.00. The number of hydrogen-bond acceptors (Lipinski definition) is 3. The Labute approximate surface area is 186 Å². The monoisotopic (exact) mass is 418 g/mol. The number of nitrogens with zero attached hydrogens (tertiary/aromatic N) is 2. The average molecular weight is 419 g/mol. The van der Waals surface area contributed by atoms with E-state index in [1.165, 1.54) is 25.7 Å². The average Bonchev–Trinajstić information content (AvgIpc) is 2.84. The van der Waals surface area contributed by atoms with Crippen LogP contribution in [-0.4, -0.2) is 22.4 Å². The van der Waals surface area contributed by atoms with Crippen molar-refractivity contribution >= 4 is 5.91 Å². The second-order valence-electron chi connectivity index (χ2n) is 8.99. The third kappa shape index (κ3) is 6.43. The molecular formula is C27H34N2O2. The van der Waals surface area contributed by atoms with Gasteiger partial charge in [0.1, 0.15) is 5.75 Å². The van der Waals surface area contributed by atoms with Gasteiger partial charge in [-0.1, -0.05) is 43.5 Å². The lowest BCUT2D eigenvalue weighted by Crippen LogP contribution is -2.36. The van der Waals surface area contributed by atoms with E-state index in [0.29, 0.717) is 24.9 Å². The molecule has 4 rings (SSSR count). The van der Waals surface area contributed by atoms with E-state index in [1.807, 2.05) is 29.2 Å². The van der Waals surface area contributed by atoms with Gasteiger partial charge >= 0.3 is 0 Å². The number of allylic oxidation sites excluding steroid dienone is 2. The Morgan fingerprint density at radius 2 is 1.61 bits per heavy atom. The maximum atomic E-state index is 13.3. The molecule has 31 heavy (non-hydrogen) atoms. The molecule has 2 aromatic rings. The number of ether oxygens (including phenoxy) is 1. The highest BCUT2D eigenvalue weighted by Crippen LogP contribution is 2.27. The Hall–Kier alpha value is -2.62. The van der Waals surface area contributed by atoms with Gasteiger partial charge in [-0.2, -0.15) is 0 Å². The highest BCUT2D eigenvalue weighted by atomic mass is 16.5. The molecule has 164 valence electrons. The molecule has 4 heteroatoms. The van der Waals surface area contributed by atoms with E-state index in [9.17, 15) is 4.79 Å². The van der Waals surface area contributed by atoms with Gasteiger partial charge in [0.25, 0.3) is 0 Å². The van der Waals surface area contributed by atoms with Crippen molar-refractivity contribution in [2.24, 2.45) is 11.8 Å². The molecule has 1 fully saturated rings. The molecule has 0 saturated heterocycles. The van der Waals surface area contributed by atoms with Gasteiger partial charge in [0.15, 0.2) is 0 Å². The predicted molar refractivity (Wildman–Crippen MR) is 123 cm³/mol. The van der Waals surface area contributed by atoms with Crippen LogP contribution >= 0.6 is 0 Å². The minimum atomic E-state index is 0.169. The van der Waals surface area contributed by atoms with E-state index in [1.54, 1.807) is 12.4 Å². The molecule has 1 heterocycles. The lowest BCUT2D eigenvalue weighted by Gasteiger charge is -2.29. The maximum Gasteiger partial charge on any atom is 0.226 e. The summed E-state index contributed by atoms with van der Waals surface area (Å²) < 4.78 is 6.02. The van der Waals surface area contributed by atoms with Gasteiger partial charge in [-0.15, -0.1) is 0 Å². The summed E-state index contributed by atoms with van der Waals surface area (Å²) in [6.45, 7) is 2.04. The summed E-state index contributed by atoms with van der Waals surface area (Å²) in [6.07, 6.45) is 17.3. The number of amides is 1. The Balaban J connectivity index is 1.39. The van der Waals surface area contributed by atoms with E-state index in [0.717, 1.165) is 49.2 Å². The highest BCUT2D eigenvalue weighted by Gasteiger charge is 2.26. The summed E-state index contributed by atoms with van der Waals surface area (Å²) >= 11 is 0. The number of carbonyl (C=O) groups is 1. The van der Waals surface area contributed by atoms with E-state index in [2.05, 4.69) is 29.3 Å². The summed E-state index contributed by atoms with van der Waals surface area (Å²) in [5.41, 5.74) is 2.27. The zero-order chi connectivity index (χ0) is 21.3. The Morgan fingerprint density at radius 3 is 2.29 bits per heavy atom. The van der Waals surface area contributed by atoms with Crippen molar-refractivity contribution in [2.45, 2.75) is 64.5 Å². The van der Waals surface area contributed by atoms with Crippen molar-refractivity contribution in [2.75, 3.05) is 6.61 Å². The fourth-order valence-corrected chi connectivity index (χ4v) is 4.66. The van der Waals surface area contributed by atoms with Crippen LogP contribution in [0.5, 0.6) is 5.75 Å². The minimum Gasteiger partial charge on any atom is -0.493 e. The quantitative estimate of drug-likeness (QED) is 0.499. The predicted octanol–water partition coefficient (Wildman–Crippen LogP) is 5.93. The van der Waals surface area contributed by atoms with Crippen molar-refractivity contribution in [3.63, 3.8) is 0 Å². The summed E-state index contributed by atoms with van der Waals surface area (Å²) in [5, 5.41) is 0. The van der Waals surface area contributed by atoms with E-state index >= 15 is 0 Å². The van der Waals surface area contributed by atoms with Crippen molar-refractivity contribution in [1.82, 2.24) is 9.88 Å². The Kier molecular flexibility index (Phi) is 7.76. The largest absolute Gasteiger partial charge is 0.493 e. The Bertz CT molecular complexity index is 841. The van der Waals surface area contributed by atoms with E-state index in [4.69, 9.17) is 4.74 Å². The van der Waals surface area contributed by atoms with Gasteiger partial charge in [0, 0.05) is 31.4 Å². The number of rotatable bonds is 8. The molecule has 0 unspecified atom stereocenters. The highest BCUT2D eigenvalue weighted by molar-refractivity contribution is 5.79. The first-order chi connectivity index (χ1) is 15.3. The fraction of sp³-hybridized carbons (Fsp3) is 0.481. The smallest absolute Gasteiger partial charge is 0.226 e. The van der Waals surface area contributed by atoms with Crippen LogP contribution in [0.4, 0.5) is 0 Å². The molecule has 0 aliphatic heterocycles. The molecular weight excluding hydrogens is 384 g/mol. The number of hydrogen-bond donors (Lipinski definition) is 0. The second kappa shape index (κ2) is 11.1. The van der Waals surface area contributed by atoms with Crippen LogP contribution in [-0.2, 0) is 17.9 Å². The minimum absolute atomic E-state index is 0.169. The molecule has 4 nitrogen and oxygen atoms in total. The molecule has 0 radical (unpaired) electrons. The van der Waals surface area contributed by atoms with Crippen molar-refractivity contribution in [3.8, 4) is 5.75 Å². The first kappa shape index (κ1) is 21.6. The first-order valence-corrected chi connectivity index (χ1v) is 11.8. The fourth-order valence-electron chi connectivity index (χ4n) is 4.66. The van der Waals surface area contributed by atoms with Crippen LogP contribution in [0.2, 0.25) is 0 Å². The zero-order valence-corrected chi connectivity index (χ0v) is 18.4. The van der Waals surface area contributed by atoms with Gasteiger partial charge in [0.05, 0.1) is 6.61 Å².